The number of nitrogens with one attached hydrogen (secondary N) is 1. The number of rotatable bonds is 8. The lowest BCUT2D eigenvalue weighted by Crippen LogP contribution is -2.27. The van der Waals surface area contributed by atoms with E-state index in [0.29, 0.717) is 37.5 Å². The third kappa shape index (κ3) is 6.11. The Balaban J connectivity index is 1.53. The van der Waals surface area contributed by atoms with Gasteiger partial charge >= 0.3 is 0 Å². The summed E-state index contributed by atoms with van der Waals surface area (Å²) >= 11 is 10.2. The number of halogens is 1. The molecule has 0 aromatic heterocycles. The fraction of sp³-hybridized carbons (Fsp3) is 0.115. The van der Waals surface area contributed by atoms with Gasteiger partial charge in [-0.05, 0) is 55.0 Å². The van der Waals surface area contributed by atoms with Crippen LogP contribution in [0.15, 0.2) is 82.2 Å². The lowest BCUT2D eigenvalue weighted by Gasteiger charge is -2.15. The molecule has 178 valence electrons. The Morgan fingerprint density at radius 1 is 1.06 bits per heavy atom. The standard InChI is InChI=1S/C26H21BrN2O4S2/c1-2-32-21-13-17(14-23-25(31)29(26(34)35-23)19-11-7-4-8-12-19)20(27)15-22(21)33-16-24(30)28-18-9-5-3-6-10-18/h3-15H,2,16H2,1H3,(H,28,30)/b23-14+. The van der Waals surface area contributed by atoms with Crippen LogP contribution in [0.1, 0.15) is 12.5 Å². The van der Waals surface area contributed by atoms with E-state index in [1.54, 1.807) is 30.3 Å². The van der Waals surface area contributed by atoms with Crippen molar-refractivity contribution in [2.45, 2.75) is 6.92 Å². The second kappa shape index (κ2) is 11.5. The minimum atomic E-state index is -0.288. The Morgan fingerprint density at radius 2 is 1.71 bits per heavy atom. The summed E-state index contributed by atoms with van der Waals surface area (Å²) in [6.45, 7) is 2.08. The summed E-state index contributed by atoms with van der Waals surface area (Å²) in [5.41, 5.74) is 2.14. The maximum Gasteiger partial charge on any atom is 0.270 e. The molecule has 9 heteroatoms. The van der Waals surface area contributed by atoms with Gasteiger partial charge in [0.25, 0.3) is 11.8 Å². The van der Waals surface area contributed by atoms with Gasteiger partial charge in [-0.3, -0.25) is 14.5 Å². The number of thioether (sulfide) groups is 1. The molecule has 1 N–H and O–H groups in total. The average Bonchev–Trinajstić information content (AvgIpc) is 3.13. The van der Waals surface area contributed by atoms with E-state index in [9.17, 15) is 9.59 Å². The number of amides is 2. The third-order valence-electron chi connectivity index (χ3n) is 4.87. The van der Waals surface area contributed by atoms with Crippen molar-refractivity contribution in [1.29, 1.82) is 0 Å². The number of benzene rings is 3. The van der Waals surface area contributed by atoms with Crippen molar-refractivity contribution in [3.63, 3.8) is 0 Å². The molecule has 35 heavy (non-hydrogen) atoms. The van der Waals surface area contributed by atoms with Crippen molar-refractivity contribution in [3.05, 3.63) is 87.7 Å². The average molecular weight is 570 g/mol. The van der Waals surface area contributed by atoms with Crippen LogP contribution in [-0.2, 0) is 9.59 Å². The van der Waals surface area contributed by atoms with Crippen LogP contribution in [0.4, 0.5) is 11.4 Å². The molecular weight excluding hydrogens is 548 g/mol. The Labute approximate surface area is 221 Å². The lowest BCUT2D eigenvalue weighted by atomic mass is 10.1. The van der Waals surface area contributed by atoms with Crippen LogP contribution >= 0.6 is 39.9 Å². The van der Waals surface area contributed by atoms with E-state index in [-0.39, 0.29) is 18.4 Å². The van der Waals surface area contributed by atoms with E-state index in [4.69, 9.17) is 21.7 Å². The lowest BCUT2D eigenvalue weighted by molar-refractivity contribution is -0.118. The zero-order chi connectivity index (χ0) is 24.8. The molecule has 0 spiro atoms. The predicted molar refractivity (Wildman–Crippen MR) is 148 cm³/mol. The zero-order valence-electron chi connectivity index (χ0n) is 18.7. The smallest absolute Gasteiger partial charge is 0.270 e. The molecule has 0 radical (unpaired) electrons. The monoisotopic (exact) mass is 568 g/mol. The molecule has 4 rings (SSSR count). The van der Waals surface area contributed by atoms with Crippen LogP contribution in [0.5, 0.6) is 11.5 Å². The molecule has 2 amide bonds. The maximum absolute atomic E-state index is 13.1. The van der Waals surface area contributed by atoms with Crippen LogP contribution in [0.3, 0.4) is 0 Å². The first-order valence-corrected chi connectivity index (χ1v) is 12.7. The van der Waals surface area contributed by atoms with Crippen LogP contribution < -0.4 is 19.7 Å². The number of carbonyl (C=O) groups excluding carboxylic acids is 2. The molecule has 0 saturated carbocycles. The second-order valence-corrected chi connectivity index (χ2v) is 9.84. The number of nitrogens with zero attached hydrogens (tertiary/aromatic N) is 1. The Hall–Kier alpha value is -3.14. The molecule has 1 fully saturated rings. The highest BCUT2D eigenvalue weighted by Gasteiger charge is 2.33. The van der Waals surface area contributed by atoms with E-state index in [1.165, 1.54) is 16.7 Å². The number of carbonyl (C=O) groups is 2. The van der Waals surface area contributed by atoms with E-state index in [0.717, 1.165) is 11.3 Å². The van der Waals surface area contributed by atoms with Gasteiger partial charge in [-0.1, -0.05) is 76.3 Å². The molecule has 0 atom stereocenters. The van der Waals surface area contributed by atoms with E-state index >= 15 is 0 Å². The largest absolute Gasteiger partial charge is 0.490 e. The SMILES string of the molecule is CCOc1cc(/C=C2/SC(=S)N(c3ccccc3)C2=O)c(Br)cc1OCC(=O)Nc1ccccc1. The van der Waals surface area contributed by atoms with Crippen molar-refractivity contribution in [2.75, 3.05) is 23.4 Å². The van der Waals surface area contributed by atoms with Gasteiger partial charge in [0.15, 0.2) is 22.4 Å². The number of hydrogen-bond donors (Lipinski definition) is 1. The van der Waals surface area contributed by atoms with Gasteiger partial charge in [-0.25, -0.2) is 0 Å². The molecule has 0 bridgehead atoms. The molecule has 1 aliphatic rings. The minimum absolute atomic E-state index is 0.184. The quantitative estimate of drug-likeness (QED) is 0.255. The van der Waals surface area contributed by atoms with Crippen molar-refractivity contribution in [2.24, 2.45) is 0 Å². The zero-order valence-corrected chi connectivity index (χ0v) is 21.9. The second-order valence-electron chi connectivity index (χ2n) is 7.31. The van der Waals surface area contributed by atoms with Crippen LogP contribution in [0.25, 0.3) is 6.08 Å². The maximum atomic E-state index is 13.1. The first-order valence-electron chi connectivity index (χ1n) is 10.7. The highest BCUT2D eigenvalue weighted by molar-refractivity contribution is 9.10. The van der Waals surface area contributed by atoms with Gasteiger partial charge in [0.2, 0.25) is 0 Å². The van der Waals surface area contributed by atoms with Gasteiger partial charge < -0.3 is 14.8 Å². The van der Waals surface area contributed by atoms with Crippen LogP contribution in [-0.4, -0.2) is 29.3 Å². The number of anilines is 2. The van der Waals surface area contributed by atoms with Gasteiger partial charge in [0, 0.05) is 10.2 Å². The van der Waals surface area contributed by atoms with Gasteiger partial charge in [0.05, 0.1) is 17.2 Å². The molecular formula is C26H21BrN2O4S2. The normalized spacial score (nSPS) is 14.3. The van der Waals surface area contributed by atoms with Crippen LogP contribution in [0, 0.1) is 0 Å². The summed E-state index contributed by atoms with van der Waals surface area (Å²) in [6, 6.07) is 22.0. The molecule has 3 aromatic rings. The number of thiocarbonyl (C=S) groups is 1. The number of hydrogen-bond acceptors (Lipinski definition) is 6. The predicted octanol–water partition coefficient (Wildman–Crippen LogP) is 6.27. The van der Waals surface area contributed by atoms with E-state index in [2.05, 4.69) is 21.2 Å². The summed E-state index contributed by atoms with van der Waals surface area (Å²) in [5, 5.41) is 2.78. The molecule has 0 unspecified atom stereocenters. The Morgan fingerprint density at radius 3 is 2.40 bits per heavy atom. The summed E-state index contributed by atoms with van der Waals surface area (Å²) in [4.78, 5) is 27.4. The van der Waals surface area contributed by atoms with Crippen molar-refractivity contribution >= 4 is 73.5 Å². The van der Waals surface area contributed by atoms with E-state index < -0.39 is 0 Å². The van der Waals surface area contributed by atoms with Gasteiger partial charge in [-0.15, -0.1) is 0 Å². The van der Waals surface area contributed by atoms with Gasteiger partial charge in [0.1, 0.15) is 0 Å². The summed E-state index contributed by atoms with van der Waals surface area (Å²) < 4.78 is 12.7. The summed E-state index contributed by atoms with van der Waals surface area (Å²) in [6.07, 6.45) is 1.76. The fourth-order valence-electron chi connectivity index (χ4n) is 3.31. The van der Waals surface area contributed by atoms with Crippen molar-refractivity contribution in [1.82, 2.24) is 0 Å². The fourth-order valence-corrected chi connectivity index (χ4v) is 5.04. The topological polar surface area (TPSA) is 67.9 Å². The molecule has 1 heterocycles. The third-order valence-corrected chi connectivity index (χ3v) is 6.86. The molecule has 6 nitrogen and oxygen atoms in total. The first kappa shape index (κ1) is 25.0. The van der Waals surface area contributed by atoms with E-state index in [1.807, 2.05) is 55.5 Å². The summed E-state index contributed by atoms with van der Waals surface area (Å²) in [5.74, 6) is 0.404. The highest BCUT2D eigenvalue weighted by Crippen LogP contribution is 2.39. The number of para-hydroxylation sites is 2. The molecule has 3 aromatic carbocycles. The highest BCUT2D eigenvalue weighted by atomic mass is 79.9. The van der Waals surface area contributed by atoms with Crippen molar-refractivity contribution < 1.29 is 19.1 Å². The summed E-state index contributed by atoms with van der Waals surface area (Å²) in [7, 11) is 0. The molecule has 1 saturated heterocycles. The Bertz CT molecular complexity index is 1280. The minimum Gasteiger partial charge on any atom is -0.490 e. The van der Waals surface area contributed by atoms with Crippen molar-refractivity contribution in [3.8, 4) is 11.5 Å². The molecule has 1 aliphatic heterocycles. The Kier molecular flexibility index (Phi) is 8.22. The van der Waals surface area contributed by atoms with Crippen LogP contribution in [0.2, 0.25) is 0 Å². The first-order chi connectivity index (χ1) is 17.0. The van der Waals surface area contributed by atoms with Gasteiger partial charge in [-0.2, -0.15) is 0 Å². The number of ether oxygens (including phenoxy) is 2. The molecule has 0 aliphatic carbocycles.